The first kappa shape index (κ1) is 13.5. The summed E-state index contributed by atoms with van der Waals surface area (Å²) in [6.45, 7) is 3.59. The van der Waals surface area contributed by atoms with Crippen LogP contribution in [-0.4, -0.2) is 29.2 Å². The largest absolute Gasteiger partial charge is 0.497 e. The summed E-state index contributed by atoms with van der Waals surface area (Å²) in [5, 5.41) is 2.94. The minimum absolute atomic E-state index is 0.0688. The van der Waals surface area contributed by atoms with E-state index in [9.17, 15) is 4.79 Å². The molecule has 3 rings (SSSR count). The molecule has 2 amide bonds. The number of carbonyl (C=O) groups is 1. The van der Waals surface area contributed by atoms with Crippen LogP contribution in [0.15, 0.2) is 42.6 Å². The van der Waals surface area contributed by atoms with Crippen LogP contribution in [0.4, 0.5) is 10.5 Å². The first-order valence-electron chi connectivity index (χ1n) is 7.06. The molecule has 1 aromatic carbocycles. The number of urea groups is 1. The Kier molecular flexibility index (Phi) is 3.56. The maximum absolute atomic E-state index is 12.5. The van der Waals surface area contributed by atoms with Crippen molar-refractivity contribution < 1.29 is 9.53 Å². The van der Waals surface area contributed by atoms with Gasteiger partial charge >= 0.3 is 6.03 Å². The van der Waals surface area contributed by atoms with Crippen LogP contribution in [0.1, 0.15) is 18.7 Å². The maximum Gasteiger partial charge on any atom is 0.322 e. The lowest BCUT2D eigenvalue weighted by Gasteiger charge is -2.34. The molecule has 5 nitrogen and oxygen atoms in total. The second kappa shape index (κ2) is 5.52. The summed E-state index contributed by atoms with van der Waals surface area (Å²) in [5.74, 6) is 0.730. The zero-order valence-corrected chi connectivity index (χ0v) is 12.2. The third-order valence-corrected chi connectivity index (χ3v) is 3.92. The van der Waals surface area contributed by atoms with Crippen LogP contribution in [0.3, 0.4) is 0 Å². The molecule has 1 atom stereocenters. The number of amides is 2. The average molecular weight is 285 g/mol. The Hall–Kier alpha value is -2.43. The number of ether oxygens (including phenoxy) is 1. The molecule has 0 aliphatic carbocycles. The second-order valence-corrected chi connectivity index (χ2v) is 5.16. The highest BCUT2D eigenvalue weighted by molar-refractivity contribution is 5.89. The number of aromatic nitrogens is 1. The predicted molar refractivity (Wildman–Crippen MR) is 81.6 cm³/mol. The van der Waals surface area contributed by atoms with Crippen LogP contribution < -0.4 is 10.1 Å². The van der Waals surface area contributed by atoms with Gasteiger partial charge in [-0.25, -0.2) is 4.79 Å². The monoisotopic (exact) mass is 285 g/mol. The molecule has 110 valence electrons. The third kappa shape index (κ3) is 2.59. The first-order chi connectivity index (χ1) is 10.2. The highest BCUT2D eigenvalue weighted by atomic mass is 16.5. The lowest BCUT2D eigenvalue weighted by molar-refractivity contribution is 0.175. The van der Waals surface area contributed by atoms with Gasteiger partial charge in [0.05, 0.1) is 13.2 Å². The van der Waals surface area contributed by atoms with Gasteiger partial charge in [0.15, 0.2) is 0 Å². The molecule has 1 aliphatic rings. The number of carbonyl (C=O) groups excluding carboxylic acids is 1. The van der Waals surface area contributed by atoms with Gasteiger partial charge in [0.2, 0.25) is 0 Å². The van der Waals surface area contributed by atoms with E-state index in [-0.39, 0.29) is 12.1 Å². The molecule has 0 radical (unpaired) electrons. The molecule has 21 heavy (non-hydrogen) atoms. The van der Waals surface area contributed by atoms with Crippen LogP contribution in [0.5, 0.6) is 5.75 Å². The zero-order valence-electron chi connectivity index (χ0n) is 12.2. The quantitative estimate of drug-likeness (QED) is 0.921. The number of methoxy groups -OCH3 is 1. The van der Waals surface area contributed by atoms with Gasteiger partial charge in [0.25, 0.3) is 0 Å². The molecular formula is C16H19N3O2. The molecular weight excluding hydrogens is 266 g/mol. The standard InChI is InChI=1S/C16H19N3O2/c1-12-15-7-4-8-18(15)9-10-19(12)16(20)17-13-5-3-6-14(11-13)21-2/h3-8,11-12H,9-10H2,1-2H3,(H,17,20)/t12-/m1/s1. The van der Waals surface area contributed by atoms with Crippen LogP contribution in [0.25, 0.3) is 0 Å². The summed E-state index contributed by atoms with van der Waals surface area (Å²) >= 11 is 0. The maximum atomic E-state index is 12.5. The van der Waals surface area contributed by atoms with Gasteiger partial charge in [-0.3, -0.25) is 0 Å². The number of fused-ring (bicyclic) bond motifs is 1. The Balaban J connectivity index is 1.74. The fourth-order valence-electron chi connectivity index (χ4n) is 2.75. The molecule has 5 heteroatoms. The minimum atomic E-state index is -0.0804. The fourth-order valence-corrected chi connectivity index (χ4v) is 2.75. The third-order valence-electron chi connectivity index (χ3n) is 3.92. The summed E-state index contributed by atoms with van der Waals surface area (Å²) in [6, 6.07) is 11.5. The van der Waals surface area contributed by atoms with Gasteiger partial charge in [0, 0.05) is 36.7 Å². The highest BCUT2D eigenvalue weighted by Gasteiger charge is 2.27. The summed E-state index contributed by atoms with van der Waals surface area (Å²) in [4.78, 5) is 14.3. The molecule has 1 aliphatic heterocycles. The van der Waals surface area contributed by atoms with Crippen molar-refractivity contribution in [2.45, 2.75) is 19.5 Å². The van der Waals surface area contributed by atoms with Gasteiger partial charge in [-0.1, -0.05) is 6.07 Å². The predicted octanol–water partition coefficient (Wildman–Crippen LogP) is 3.11. The van der Waals surface area contributed by atoms with E-state index in [2.05, 4.69) is 29.1 Å². The van der Waals surface area contributed by atoms with E-state index in [4.69, 9.17) is 4.74 Å². The van der Waals surface area contributed by atoms with E-state index in [1.54, 1.807) is 7.11 Å². The zero-order chi connectivity index (χ0) is 14.8. The van der Waals surface area contributed by atoms with E-state index in [0.29, 0.717) is 6.54 Å². The SMILES string of the molecule is COc1cccc(NC(=O)N2CCn3cccc3[C@H]2C)c1. The second-order valence-electron chi connectivity index (χ2n) is 5.16. The van der Waals surface area contributed by atoms with Crippen molar-refractivity contribution >= 4 is 11.7 Å². The molecule has 0 unspecified atom stereocenters. The van der Waals surface area contributed by atoms with Crippen LogP contribution in [0, 0.1) is 0 Å². The average Bonchev–Trinajstić information content (AvgIpc) is 2.97. The Morgan fingerprint density at radius 3 is 2.95 bits per heavy atom. The van der Waals surface area contributed by atoms with Gasteiger partial charge in [-0.15, -0.1) is 0 Å². The summed E-state index contributed by atoms with van der Waals surface area (Å²) < 4.78 is 7.37. The van der Waals surface area contributed by atoms with Crippen LogP contribution in [0.2, 0.25) is 0 Å². The number of rotatable bonds is 2. The van der Waals surface area contributed by atoms with Gasteiger partial charge < -0.3 is 19.5 Å². The van der Waals surface area contributed by atoms with E-state index in [1.165, 1.54) is 5.69 Å². The van der Waals surface area contributed by atoms with Crippen molar-refractivity contribution in [3.05, 3.63) is 48.3 Å². The molecule has 0 saturated carbocycles. The van der Waals surface area contributed by atoms with E-state index in [0.717, 1.165) is 18.0 Å². The molecule has 0 bridgehead atoms. The highest BCUT2D eigenvalue weighted by Crippen LogP contribution is 2.26. The summed E-state index contributed by atoms with van der Waals surface area (Å²) in [5.41, 5.74) is 1.91. The van der Waals surface area contributed by atoms with Gasteiger partial charge in [0.1, 0.15) is 5.75 Å². The van der Waals surface area contributed by atoms with Crippen molar-refractivity contribution in [3.8, 4) is 5.75 Å². The molecule has 1 aromatic heterocycles. The smallest absolute Gasteiger partial charge is 0.322 e. The lowest BCUT2D eigenvalue weighted by atomic mass is 10.1. The van der Waals surface area contributed by atoms with E-state index in [1.807, 2.05) is 35.2 Å². The van der Waals surface area contributed by atoms with Crippen LogP contribution >= 0.6 is 0 Å². The summed E-state index contributed by atoms with van der Waals surface area (Å²) in [7, 11) is 1.61. The lowest BCUT2D eigenvalue weighted by Crippen LogP contribution is -2.42. The number of nitrogens with zero attached hydrogens (tertiary/aromatic N) is 2. The number of nitrogens with one attached hydrogen (secondary N) is 1. The Bertz CT molecular complexity index is 650. The molecule has 0 saturated heterocycles. The molecule has 1 N–H and O–H groups in total. The number of anilines is 1. The number of benzene rings is 1. The molecule has 0 spiro atoms. The number of hydrogen-bond donors (Lipinski definition) is 1. The summed E-state index contributed by atoms with van der Waals surface area (Å²) in [6.07, 6.45) is 2.06. The Morgan fingerprint density at radius 2 is 2.14 bits per heavy atom. The van der Waals surface area contributed by atoms with Crippen LogP contribution in [-0.2, 0) is 6.54 Å². The first-order valence-corrected chi connectivity index (χ1v) is 7.06. The van der Waals surface area contributed by atoms with Gasteiger partial charge in [-0.2, -0.15) is 0 Å². The van der Waals surface area contributed by atoms with E-state index >= 15 is 0 Å². The Labute approximate surface area is 124 Å². The normalized spacial score (nSPS) is 17.2. The fraction of sp³-hybridized carbons (Fsp3) is 0.312. The molecule has 2 heterocycles. The topological polar surface area (TPSA) is 46.5 Å². The van der Waals surface area contributed by atoms with E-state index < -0.39 is 0 Å². The van der Waals surface area contributed by atoms with Crippen molar-refractivity contribution in [2.24, 2.45) is 0 Å². The molecule has 0 fully saturated rings. The Morgan fingerprint density at radius 1 is 1.29 bits per heavy atom. The van der Waals surface area contributed by atoms with Crippen molar-refractivity contribution in [1.29, 1.82) is 0 Å². The van der Waals surface area contributed by atoms with Crippen molar-refractivity contribution in [1.82, 2.24) is 9.47 Å². The van der Waals surface area contributed by atoms with Crippen molar-refractivity contribution in [3.63, 3.8) is 0 Å². The van der Waals surface area contributed by atoms with Crippen molar-refractivity contribution in [2.75, 3.05) is 19.0 Å². The minimum Gasteiger partial charge on any atom is -0.497 e. The van der Waals surface area contributed by atoms with Gasteiger partial charge in [-0.05, 0) is 31.2 Å². The molecule has 2 aromatic rings. The number of hydrogen-bond acceptors (Lipinski definition) is 2.